The standard InChI is InChI=1S/C22H34BrN3O4/c1-5-29-21(28)26-12-9-17(10-13-26)25-20(27)24-11-6-14-30-19-8-7-16(15-18(19)23)22(2,3)4/h7-8,15,17H,5-6,9-14H2,1-4H3,(H2,24,25,27). The number of urea groups is 1. The van der Waals surface area contributed by atoms with Crippen LogP contribution in [0.2, 0.25) is 0 Å². The summed E-state index contributed by atoms with van der Waals surface area (Å²) in [4.78, 5) is 25.5. The Labute approximate surface area is 188 Å². The van der Waals surface area contributed by atoms with E-state index in [1.165, 1.54) is 5.56 Å². The first kappa shape index (κ1) is 24.3. The van der Waals surface area contributed by atoms with Crippen LogP contribution < -0.4 is 15.4 Å². The number of carbonyl (C=O) groups is 2. The monoisotopic (exact) mass is 483 g/mol. The fourth-order valence-corrected chi connectivity index (χ4v) is 3.69. The molecule has 1 aromatic carbocycles. The fourth-order valence-electron chi connectivity index (χ4n) is 3.20. The van der Waals surface area contributed by atoms with Crippen molar-refractivity contribution in [1.29, 1.82) is 0 Å². The molecule has 1 heterocycles. The summed E-state index contributed by atoms with van der Waals surface area (Å²) in [6.45, 7) is 10.9. The SMILES string of the molecule is CCOC(=O)N1CCC(NC(=O)NCCCOc2ccc(C(C)(C)C)cc2Br)CC1. The van der Waals surface area contributed by atoms with Crippen molar-refractivity contribution in [1.82, 2.24) is 15.5 Å². The van der Waals surface area contributed by atoms with Gasteiger partial charge in [0.2, 0.25) is 0 Å². The van der Waals surface area contributed by atoms with Gasteiger partial charge >= 0.3 is 12.1 Å². The second-order valence-corrected chi connectivity index (χ2v) is 9.31. The summed E-state index contributed by atoms with van der Waals surface area (Å²) in [5.41, 5.74) is 1.33. The lowest BCUT2D eigenvalue weighted by Crippen LogP contribution is -2.49. The predicted octanol–water partition coefficient (Wildman–Crippen LogP) is 4.44. The molecule has 0 spiro atoms. The maximum Gasteiger partial charge on any atom is 0.409 e. The van der Waals surface area contributed by atoms with E-state index in [0.717, 1.165) is 23.1 Å². The predicted molar refractivity (Wildman–Crippen MR) is 121 cm³/mol. The van der Waals surface area contributed by atoms with Gasteiger partial charge < -0.3 is 25.0 Å². The van der Waals surface area contributed by atoms with Gasteiger partial charge in [0.05, 0.1) is 17.7 Å². The summed E-state index contributed by atoms with van der Waals surface area (Å²) in [6.07, 6.45) is 1.89. The molecule has 1 aromatic rings. The van der Waals surface area contributed by atoms with Gasteiger partial charge in [0.25, 0.3) is 0 Å². The van der Waals surface area contributed by atoms with Crippen LogP contribution in [0.1, 0.15) is 52.5 Å². The highest BCUT2D eigenvalue weighted by Crippen LogP contribution is 2.31. The van der Waals surface area contributed by atoms with E-state index in [1.807, 2.05) is 6.07 Å². The summed E-state index contributed by atoms with van der Waals surface area (Å²) in [6, 6.07) is 6.05. The first-order valence-corrected chi connectivity index (χ1v) is 11.4. The minimum atomic E-state index is -0.278. The molecule has 7 nitrogen and oxygen atoms in total. The maximum atomic E-state index is 12.1. The third kappa shape index (κ3) is 7.70. The summed E-state index contributed by atoms with van der Waals surface area (Å²) in [7, 11) is 0. The molecule has 0 atom stereocenters. The highest BCUT2D eigenvalue weighted by Gasteiger charge is 2.24. The zero-order valence-corrected chi connectivity index (χ0v) is 20.0. The third-order valence-corrected chi connectivity index (χ3v) is 5.64. The molecule has 1 aliphatic rings. The van der Waals surface area contributed by atoms with Crippen molar-refractivity contribution < 1.29 is 19.1 Å². The number of benzene rings is 1. The van der Waals surface area contributed by atoms with Gasteiger partial charge in [-0.2, -0.15) is 0 Å². The van der Waals surface area contributed by atoms with Crippen LogP contribution in [0.25, 0.3) is 0 Å². The van der Waals surface area contributed by atoms with Crippen molar-refractivity contribution in [2.75, 3.05) is 32.8 Å². The number of nitrogens with zero attached hydrogens (tertiary/aromatic N) is 1. The average Bonchev–Trinajstić information content (AvgIpc) is 2.68. The van der Waals surface area contributed by atoms with Crippen LogP contribution in [0.15, 0.2) is 22.7 Å². The molecule has 1 aliphatic heterocycles. The molecule has 2 rings (SSSR count). The number of rotatable bonds is 7. The minimum Gasteiger partial charge on any atom is -0.492 e. The van der Waals surface area contributed by atoms with Crippen LogP contribution in [0.5, 0.6) is 5.75 Å². The molecule has 0 unspecified atom stereocenters. The van der Waals surface area contributed by atoms with Gasteiger partial charge in [0.1, 0.15) is 5.75 Å². The van der Waals surface area contributed by atoms with E-state index in [-0.39, 0.29) is 23.6 Å². The minimum absolute atomic E-state index is 0.0733. The van der Waals surface area contributed by atoms with Gasteiger partial charge in [-0.05, 0) is 65.2 Å². The lowest BCUT2D eigenvalue weighted by atomic mass is 9.87. The molecule has 1 fully saturated rings. The van der Waals surface area contributed by atoms with Crippen LogP contribution >= 0.6 is 15.9 Å². The zero-order valence-electron chi connectivity index (χ0n) is 18.4. The number of piperidine rings is 1. The molecule has 0 aliphatic carbocycles. The molecule has 3 amide bonds. The Morgan fingerprint density at radius 2 is 1.93 bits per heavy atom. The van der Waals surface area contributed by atoms with Gasteiger partial charge in [-0.25, -0.2) is 9.59 Å². The maximum absolute atomic E-state index is 12.1. The Morgan fingerprint density at radius 3 is 2.53 bits per heavy atom. The largest absolute Gasteiger partial charge is 0.492 e. The van der Waals surface area contributed by atoms with Crippen molar-refractivity contribution in [2.45, 2.75) is 58.4 Å². The Balaban J connectivity index is 1.61. The number of hydrogen-bond donors (Lipinski definition) is 2. The third-order valence-electron chi connectivity index (χ3n) is 5.02. The second-order valence-electron chi connectivity index (χ2n) is 8.46. The average molecular weight is 484 g/mol. The number of nitrogens with one attached hydrogen (secondary N) is 2. The second kappa shape index (κ2) is 11.4. The van der Waals surface area contributed by atoms with E-state index in [4.69, 9.17) is 9.47 Å². The normalized spacial score (nSPS) is 14.9. The summed E-state index contributed by atoms with van der Waals surface area (Å²) in [5, 5.41) is 5.84. The van der Waals surface area contributed by atoms with Crippen LogP contribution in [0.4, 0.5) is 9.59 Å². The zero-order chi connectivity index (χ0) is 22.1. The highest BCUT2D eigenvalue weighted by molar-refractivity contribution is 9.10. The molecule has 0 bridgehead atoms. The number of likely N-dealkylation sites (tertiary alicyclic amines) is 1. The van der Waals surface area contributed by atoms with E-state index in [2.05, 4.69) is 59.5 Å². The fraction of sp³-hybridized carbons (Fsp3) is 0.636. The van der Waals surface area contributed by atoms with Crippen molar-refractivity contribution in [3.05, 3.63) is 28.2 Å². The quantitative estimate of drug-likeness (QED) is 0.561. The van der Waals surface area contributed by atoms with E-state index in [1.54, 1.807) is 11.8 Å². The molecule has 0 saturated carbocycles. The Kier molecular flexibility index (Phi) is 9.27. The summed E-state index contributed by atoms with van der Waals surface area (Å²) < 4.78 is 11.8. The van der Waals surface area contributed by atoms with E-state index >= 15 is 0 Å². The number of hydrogen-bond acceptors (Lipinski definition) is 4. The van der Waals surface area contributed by atoms with Crippen molar-refractivity contribution in [2.24, 2.45) is 0 Å². The first-order chi connectivity index (χ1) is 14.2. The van der Waals surface area contributed by atoms with Crippen LogP contribution in [-0.4, -0.2) is 55.9 Å². The van der Waals surface area contributed by atoms with E-state index in [0.29, 0.717) is 39.3 Å². The van der Waals surface area contributed by atoms with Crippen LogP contribution in [-0.2, 0) is 10.2 Å². The number of ether oxygens (including phenoxy) is 2. The molecule has 2 N–H and O–H groups in total. The Hall–Kier alpha value is -1.96. The van der Waals surface area contributed by atoms with Crippen LogP contribution in [0.3, 0.4) is 0 Å². The molecular weight excluding hydrogens is 450 g/mol. The van der Waals surface area contributed by atoms with Gasteiger partial charge in [0.15, 0.2) is 0 Å². The van der Waals surface area contributed by atoms with Crippen molar-refractivity contribution in [3.63, 3.8) is 0 Å². The number of halogens is 1. The highest BCUT2D eigenvalue weighted by atomic mass is 79.9. The topological polar surface area (TPSA) is 79.9 Å². The molecular formula is C22H34BrN3O4. The molecule has 0 aromatic heterocycles. The Morgan fingerprint density at radius 1 is 1.23 bits per heavy atom. The number of amides is 3. The first-order valence-electron chi connectivity index (χ1n) is 10.6. The summed E-state index contributed by atoms with van der Waals surface area (Å²) in [5.74, 6) is 0.806. The van der Waals surface area contributed by atoms with E-state index in [9.17, 15) is 9.59 Å². The molecule has 0 radical (unpaired) electrons. The molecule has 1 saturated heterocycles. The Bertz CT molecular complexity index is 713. The molecule has 8 heteroatoms. The lowest BCUT2D eigenvalue weighted by Gasteiger charge is -2.31. The molecule has 168 valence electrons. The van der Waals surface area contributed by atoms with Gasteiger partial charge in [-0.3, -0.25) is 0 Å². The van der Waals surface area contributed by atoms with E-state index < -0.39 is 0 Å². The molecule has 30 heavy (non-hydrogen) atoms. The number of carbonyl (C=O) groups excluding carboxylic acids is 2. The summed E-state index contributed by atoms with van der Waals surface area (Å²) >= 11 is 3.57. The van der Waals surface area contributed by atoms with Gasteiger partial charge in [-0.15, -0.1) is 0 Å². The van der Waals surface area contributed by atoms with Crippen molar-refractivity contribution in [3.8, 4) is 5.75 Å². The van der Waals surface area contributed by atoms with Gasteiger partial charge in [0, 0.05) is 25.7 Å². The smallest absolute Gasteiger partial charge is 0.409 e. The van der Waals surface area contributed by atoms with Crippen LogP contribution in [0, 0.1) is 0 Å². The van der Waals surface area contributed by atoms with Crippen molar-refractivity contribution >= 4 is 28.1 Å². The van der Waals surface area contributed by atoms with Gasteiger partial charge in [-0.1, -0.05) is 26.8 Å². The lowest BCUT2D eigenvalue weighted by molar-refractivity contribution is 0.0957.